The number of halogens is 3. The molecule has 2 unspecified atom stereocenters. The molecule has 0 saturated carbocycles. The first-order chi connectivity index (χ1) is 16.7. The van der Waals surface area contributed by atoms with E-state index in [1.807, 2.05) is 6.92 Å². The Balaban J connectivity index is 1.28. The third-order valence-electron chi connectivity index (χ3n) is 7.00. The van der Waals surface area contributed by atoms with E-state index in [4.69, 9.17) is 18.7 Å². The van der Waals surface area contributed by atoms with Crippen molar-refractivity contribution in [3.05, 3.63) is 18.2 Å². The van der Waals surface area contributed by atoms with E-state index in [1.54, 1.807) is 6.07 Å². The summed E-state index contributed by atoms with van der Waals surface area (Å²) in [6.45, 7) is 3.73. The monoisotopic (exact) mass is 500 g/mol. The van der Waals surface area contributed by atoms with E-state index >= 15 is 0 Å². The molecule has 4 rings (SSSR count). The van der Waals surface area contributed by atoms with Crippen molar-refractivity contribution in [1.82, 2.24) is 10.1 Å². The molecule has 0 aliphatic carbocycles. The first kappa shape index (κ1) is 25.6. The Hall–Kier alpha value is -2.53. The van der Waals surface area contributed by atoms with Crippen LogP contribution in [-0.2, 0) is 9.53 Å². The van der Waals surface area contributed by atoms with E-state index < -0.39 is 24.2 Å². The smallest absolute Gasteiger partial charge is 0.422 e. The van der Waals surface area contributed by atoms with Gasteiger partial charge in [-0.3, -0.25) is 4.79 Å². The predicted molar refractivity (Wildman–Crippen MR) is 120 cm³/mol. The van der Waals surface area contributed by atoms with Crippen molar-refractivity contribution in [3.8, 4) is 11.6 Å². The van der Waals surface area contributed by atoms with Gasteiger partial charge in [0.05, 0.1) is 18.1 Å². The molecule has 11 heteroatoms. The van der Waals surface area contributed by atoms with Gasteiger partial charge in [-0.2, -0.15) is 13.2 Å². The average Bonchev–Trinajstić information content (AvgIpc) is 3.24. The van der Waals surface area contributed by atoms with Gasteiger partial charge in [0.15, 0.2) is 12.2 Å². The molecule has 0 radical (unpaired) electrons. The Bertz CT molecular complexity index is 1000. The van der Waals surface area contributed by atoms with Gasteiger partial charge in [0.1, 0.15) is 11.1 Å². The number of aromatic nitrogens is 1. The Kier molecular flexibility index (Phi) is 7.75. The molecule has 8 nitrogen and oxygen atoms in total. The largest absolute Gasteiger partial charge is 0.483 e. The molecule has 3 heterocycles. The molecular formula is C24H31F3N2O6. The lowest BCUT2D eigenvalue weighted by molar-refractivity contribution is -0.159. The van der Waals surface area contributed by atoms with Crippen LogP contribution in [0, 0.1) is 11.3 Å². The molecule has 2 aliphatic rings. The van der Waals surface area contributed by atoms with Crippen molar-refractivity contribution in [2.24, 2.45) is 11.3 Å². The molecular weight excluding hydrogens is 469 g/mol. The molecule has 194 valence electrons. The summed E-state index contributed by atoms with van der Waals surface area (Å²) in [7, 11) is 0. The van der Waals surface area contributed by atoms with Gasteiger partial charge in [0, 0.05) is 6.61 Å². The minimum Gasteiger partial charge on any atom is -0.483 e. The fourth-order valence-corrected chi connectivity index (χ4v) is 4.95. The topological polar surface area (TPSA) is 94.3 Å². The zero-order valence-corrected chi connectivity index (χ0v) is 19.7. The minimum atomic E-state index is -4.46. The number of alkyl halides is 3. The van der Waals surface area contributed by atoms with Crippen molar-refractivity contribution < 1.29 is 41.8 Å². The summed E-state index contributed by atoms with van der Waals surface area (Å²) in [6.07, 6.45) is -1.09. The third-order valence-corrected chi connectivity index (χ3v) is 7.00. The van der Waals surface area contributed by atoms with Crippen LogP contribution < -0.4 is 9.47 Å². The van der Waals surface area contributed by atoms with Crippen molar-refractivity contribution in [1.29, 1.82) is 0 Å². The van der Waals surface area contributed by atoms with Crippen LogP contribution in [0.25, 0.3) is 11.0 Å². The molecule has 1 N–H and O–H groups in total. The highest BCUT2D eigenvalue weighted by molar-refractivity contribution is 5.88. The lowest BCUT2D eigenvalue weighted by atomic mass is 9.75. The number of carboxylic acids is 1. The van der Waals surface area contributed by atoms with E-state index in [-0.39, 0.29) is 23.7 Å². The van der Waals surface area contributed by atoms with E-state index in [2.05, 4.69) is 10.1 Å². The van der Waals surface area contributed by atoms with Crippen LogP contribution in [0.1, 0.15) is 39.0 Å². The van der Waals surface area contributed by atoms with Crippen LogP contribution in [0.5, 0.6) is 11.6 Å². The van der Waals surface area contributed by atoms with Crippen LogP contribution in [0.4, 0.5) is 13.2 Å². The average molecular weight is 501 g/mol. The van der Waals surface area contributed by atoms with Gasteiger partial charge < -0.3 is 28.7 Å². The summed E-state index contributed by atoms with van der Waals surface area (Å²) in [5.41, 5.74) is -0.429. The molecule has 2 atom stereocenters. The number of carboxylic acid groups (broad SMARTS) is 1. The SMILES string of the molecule is CC1CC(CCN2CCC(COc3noc4cccc(OCC(F)(F)F)c34)CC2)(C(=O)O)CCO1. The maximum atomic E-state index is 12.6. The molecule has 1 aromatic carbocycles. The van der Waals surface area contributed by atoms with E-state index in [1.165, 1.54) is 12.1 Å². The second-order valence-electron chi connectivity index (χ2n) is 9.59. The van der Waals surface area contributed by atoms with Crippen LogP contribution in [-0.4, -0.2) is 72.9 Å². The standard InChI is InChI=1S/C24H31F3N2O6/c1-16-13-23(22(30)31,8-12-32-16)7-11-29-9-5-17(6-10-29)14-33-21-20-18(34-15-24(25,26)27)3-2-4-19(20)35-28-21/h2-4,16-17H,5-15H2,1H3,(H,30,31). The van der Waals surface area contributed by atoms with Gasteiger partial charge in [0.25, 0.3) is 5.88 Å². The number of nitrogens with zero attached hydrogens (tertiary/aromatic N) is 2. The Morgan fingerprint density at radius 1 is 1.29 bits per heavy atom. The summed E-state index contributed by atoms with van der Waals surface area (Å²) in [6, 6.07) is 4.56. The fraction of sp³-hybridized carbons (Fsp3) is 0.667. The number of hydrogen-bond donors (Lipinski definition) is 1. The maximum absolute atomic E-state index is 12.6. The maximum Gasteiger partial charge on any atom is 0.422 e. The van der Waals surface area contributed by atoms with Crippen LogP contribution in [0.3, 0.4) is 0 Å². The Labute approximate surface area is 201 Å². The molecule has 2 fully saturated rings. The second-order valence-corrected chi connectivity index (χ2v) is 9.59. The van der Waals surface area contributed by atoms with Crippen LogP contribution in [0.2, 0.25) is 0 Å². The Morgan fingerprint density at radius 2 is 2.06 bits per heavy atom. The van der Waals surface area contributed by atoms with Gasteiger partial charge >= 0.3 is 12.1 Å². The third kappa shape index (κ3) is 6.38. The lowest BCUT2D eigenvalue weighted by Gasteiger charge is -2.39. The number of piperidine rings is 1. The van der Waals surface area contributed by atoms with Gasteiger partial charge in [-0.25, -0.2) is 0 Å². The number of aliphatic carboxylic acids is 1. The summed E-state index contributed by atoms with van der Waals surface area (Å²) in [5.74, 6) is -0.356. The predicted octanol–water partition coefficient (Wildman–Crippen LogP) is 4.52. The molecule has 2 aliphatic heterocycles. The fourth-order valence-electron chi connectivity index (χ4n) is 4.95. The zero-order chi connectivity index (χ0) is 25.1. The molecule has 35 heavy (non-hydrogen) atoms. The van der Waals surface area contributed by atoms with E-state index in [0.717, 1.165) is 32.5 Å². The molecule has 2 aromatic rings. The molecule has 0 bridgehead atoms. The number of carbonyl (C=O) groups is 1. The molecule has 0 spiro atoms. The highest BCUT2D eigenvalue weighted by Crippen LogP contribution is 2.38. The van der Waals surface area contributed by atoms with Gasteiger partial charge in [-0.1, -0.05) is 6.07 Å². The van der Waals surface area contributed by atoms with Crippen molar-refractivity contribution in [2.75, 3.05) is 39.5 Å². The molecule has 1 aromatic heterocycles. The van der Waals surface area contributed by atoms with Gasteiger partial charge in [0.2, 0.25) is 0 Å². The van der Waals surface area contributed by atoms with E-state index in [0.29, 0.717) is 43.4 Å². The quantitative estimate of drug-likeness (QED) is 0.537. The minimum absolute atomic E-state index is 0.0145. The van der Waals surface area contributed by atoms with E-state index in [9.17, 15) is 23.1 Å². The number of likely N-dealkylation sites (tertiary alicyclic amines) is 1. The Morgan fingerprint density at radius 3 is 2.74 bits per heavy atom. The van der Waals surface area contributed by atoms with Crippen LogP contribution in [0.15, 0.2) is 22.7 Å². The summed E-state index contributed by atoms with van der Waals surface area (Å²) < 4.78 is 59.3. The van der Waals surface area contributed by atoms with Crippen LogP contribution >= 0.6 is 0 Å². The molecule has 0 amide bonds. The number of ether oxygens (including phenoxy) is 3. The van der Waals surface area contributed by atoms with Crippen molar-refractivity contribution in [2.45, 2.75) is 51.3 Å². The summed E-state index contributed by atoms with van der Waals surface area (Å²) in [4.78, 5) is 14.3. The number of benzene rings is 1. The number of fused-ring (bicyclic) bond motifs is 1. The number of hydrogen-bond acceptors (Lipinski definition) is 7. The van der Waals surface area contributed by atoms with Gasteiger partial charge in [-0.05, 0) is 81.9 Å². The summed E-state index contributed by atoms with van der Waals surface area (Å²) in [5, 5.41) is 14.0. The number of rotatable bonds is 9. The second kappa shape index (κ2) is 10.6. The highest BCUT2D eigenvalue weighted by Gasteiger charge is 2.42. The lowest BCUT2D eigenvalue weighted by Crippen LogP contribution is -2.44. The first-order valence-corrected chi connectivity index (χ1v) is 11.9. The van der Waals surface area contributed by atoms with Crippen molar-refractivity contribution in [3.63, 3.8) is 0 Å². The van der Waals surface area contributed by atoms with Crippen molar-refractivity contribution >= 4 is 16.9 Å². The van der Waals surface area contributed by atoms with Gasteiger partial charge in [-0.15, -0.1) is 0 Å². The zero-order valence-electron chi connectivity index (χ0n) is 19.7. The molecule has 2 saturated heterocycles. The normalized spacial score (nSPS) is 24.5. The summed E-state index contributed by atoms with van der Waals surface area (Å²) >= 11 is 0. The first-order valence-electron chi connectivity index (χ1n) is 11.9. The highest BCUT2D eigenvalue weighted by atomic mass is 19.4.